The summed E-state index contributed by atoms with van der Waals surface area (Å²) in [5.41, 5.74) is 10.3. The van der Waals surface area contributed by atoms with Crippen LogP contribution in [-0.2, 0) is 20.4 Å². The molecule has 1 aliphatic heterocycles. The minimum atomic E-state index is -0.752. The Kier molecular flexibility index (Phi) is 22.0. The molecule has 4 aromatic rings. The second kappa shape index (κ2) is 26.6. The fourth-order valence-corrected chi connectivity index (χ4v) is 9.95. The van der Waals surface area contributed by atoms with Gasteiger partial charge in [-0.1, -0.05) is 140 Å². The molecule has 0 unspecified atom stereocenters. The second-order valence-corrected chi connectivity index (χ2v) is 19.8. The van der Waals surface area contributed by atoms with Crippen molar-refractivity contribution in [2.24, 2.45) is 0 Å². The van der Waals surface area contributed by atoms with Gasteiger partial charge in [-0.3, -0.25) is 4.79 Å². The number of aryl methyl sites for hydroxylation is 4. The fourth-order valence-electron chi connectivity index (χ4n) is 9.95. The molecule has 0 radical (unpaired) electrons. The molecule has 70 heavy (non-hydrogen) atoms. The third kappa shape index (κ3) is 14.5. The lowest BCUT2D eigenvalue weighted by Gasteiger charge is -2.34. The number of cyclic esters (lactones) is 1. The Labute approximate surface area is 422 Å². The van der Waals surface area contributed by atoms with Gasteiger partial charge in [0.1, 0.15) is 30.8 Å². The molecule has 8 nitrogen and oxygen atoms in total. The van der Waals surface area contributed by atoms with Crippen LogP contribution < -0.4 is 9.47 Å². The summed E-state index contributed by atoms with van der Waals surface area (Å²) in [7, 11) is 0. The van der Waals surface area contributed by atoms with Crippen LogP contribution in [-0.4, -0.2) is 69.6 Å². The average molecular weight is 961 g/mol. The van der Waals surface area contributed by atoms with Crippen molar-refractivity contribution in [3.8, 4) is 11.5 Å². The first-order valence-corrected chi connectivity index (χ1v) is 26.4. The van der Waals surface area contributed by atoms with Gasteiger partial charge in [-0.25, -0.2) is 0 Å². The van der Waals surface area contributed by atoms with E-state index in [4.69, 9.17) is 19.3 Å². The number of aliphatic hydroxyl groups is 4. The van der Waals surface area contributed by atoms with Gasteiger partial charge in [-0.2, -0.15) is 0 Å². The number of benzene rings is 4. The van der Waals surface area contributed by atoms with Crippen LogP contribution in [0.25, 0.3) is 12.2 Å². The highest BCUT2D eigenvalue weighted by Gasteiger charge is 2.33. The van der Waals surface area contributed by atoms with Gasteiger partial charge in [0.25, 0.3) is 0 Å². The number of carbonyl (C=O) groups is 1. The molecule has 0 spiro atoms. The van der Waals surface area contributed by atoms with Gasteiger partial charge in [-0.05, 0) is 166 Å². The van der Waals surface area contributed by atoms with Crippen molar-refractivity contribution in [3.63, 3.8) is 0 Å². The van der Waals surface area contributed by atoms with Crippen molar-refractivity contribution in [2.45, 2.75) is 194 Å². The van der Waals surface area contributed by atoms with Gasteiger partial charge in [0.05, 0.1) is 17.3 Å². The Morgan fingerprint density at radius 2 is 1.00 bits per heavy atom. The predicted molar refractivity (Wildman–Crippen MR) is 289 cm³/mol. The molecule has 1 aliphatic rings. The average Bonchev–Trinajstić information content (AvgIpc) is 3.80. The topological polar surface area (TPSA) is 126 Å². The first kappa shape index (κ1) is 57.8. The van der Waals surface area contributed by atoms with E-state index in [1.165, 1.54) is 33.4 Å². The molecule has 0 saturated carbocycles. The molecule has 0 amide bonds. The van der Waals surface area contributed by atoms with Crippen molar-refractivity contribution in [1.82, 2.24) is 0 Å². The van der Waals surface area contributed by atoms with E-state index in [-0.39, 0.29) is 36.1 Å². The molecule has 5 rings (SSSR count). The van der Waals surface area contributed by atoms with Crippen molar-refractivity contribution in [1.29, 1.82) is 0 Å². The third-order valence-corrected chi connectivity index (χ3v) is 15.6. The highest BCUT2D eigenvalue weighted by atomic mass is 16.6. The van der Waals surface area contributed by atoms with Gasteiger partial charge in [-0.15, -0.1) is 0 Å². The van der Waals surface area contributed by atoms with Crippen LogP contribution in [0.3, 0.4) is 0 Å². The van der Waals surface area contributed by atoms with E-state index in [0.29, 0.717) is 51.6 Å². The zero-order valence-corrected chi connectivity index (χ0v) is 44.9. The quantitative estimate of drug-likeness (QED) is 0.0484. The Hall–Kier alpha value is -4.73. The maximum absolute atomic E-state index is 11.3. The molecular formula is C62H88O8. The van der Waals surface area contributed by atoms with Crippen LogP contribution in [0.2, 0.25) is 0 Å². The number of hydrogen-bond donors (Lipinski definition) is 4. The largest absolute Gasteiger partial charge is 0.491 e. The van der Waals surface area contributed by atoms with Crippen LogP contribution in [0.4, 0.5) is 0 Å². The van der Waals surface area contributed by atoms with Gasteiger partial charge < -0.3 is 34.6 Å². The van der Waals surface area contributed by atoms with Gasteiger partial charge in [0.15, 0.2) is 0 Å². The van der Waals surface area contributed by atoms with Gasteiger partial charge in [0, 0.05) is 23.9 Å². The summed E-state index contributed by atoms with van der Waals surface area (Å²) in [6.07, 6.45) is 16.3. The van der Waals surface area contributed by atoms with E-state index in [1.54, 1.807) is 0 Å². The van der Waals surface area contributed by atoms with Crippen molar-refractivity contribution >= 4 is 18.1 Å². The van der Waals surface area contributed by atoms with E-state index in [2.05, 4.69) is 134 Å². The number of ether oxygens (including phenoxy) is 3. The smallest absolute Gasteiger partial charge is 0.306 e. The molecule has 1 saturated heterocycles. The molecular weight excluding hydrogens is 873 g/mol. The van der Waals surface area contributed by atoms with Crippen LogP contribution in [0.15, 0.2) is 84.9 Å². The summed E-state index contributed by atoms with van der Waals surface area (Å²) in [5, 5.41) is 40.2. The zero-order valence-electron chi connectivity index (χ0n) is 44.9. The maximum atomic E-state index is 11.3. The van der Waals surface area contributed by atoms with Crippen molar-refractivity contribution < 1.29 is 39.4 Å². The number of hydrogen-bond acceptors (Lipinski definition) is 8. The maximum Gasteiger partial charge on any atom is 0.306 e. The molecule has 4 aromatic carbocycles. The van der Waals surface area contributed by atoms with Crippen LogP contribution in [0.5, 0.6) is 11.5 Å². The SMILES string of the molecule is CCC(O)(/C=C/c1ccc(C(CC)(CC)c2ccc(OC[C@@H](O)CCCO)c(C)c2)cc1C)CC.CCC(O)(/C=C/c1ccc(C(CC)(CC)c2ccc(OC[C@@H]3CCC(=O)O3)c(C)c2)cc1C)CC. The summed E-state index contributed by atoms with van der Waals surface area (Å²) in [5.74, 6) is 1.49. The van der Waals surface area contributed by atoms with Crippen LogP contribution in [0.1, 0.15) is 188 Å². The first-order valence-electron chi connectivity index (χ1n) is 26.4. The molecule has 0 aliphatic carbocycles. The first-order chi connectivity index (χ1) is 33.4. The van der Waals surface area contributed by atoms with Gasteiger partial charge >= 0.3 is 5.97 Å². The molecule has 0 aromatic heterocycles. The third-order valence-electron chi connectivity index (χ3n) is 15.6. The fraction of sp³-hybridized carbons (Fsp3) is 0.532. The standard InChI is InChI=1S/C31H42O4.C31H46O4/c1-7-30(33,8-2)18-17-24-11-12-25(19-22(24)5)31(9-3,10-4)26-13-15-28(23(6)20-26)34-21-27-14-16-29(32)35-27;1-7-30(34,8-2)18-17-25-13-14-26(20-23(25)5)31(9-3,10-4)27-15-16-29(24(6)21-27)35-22-28(33)12-11-19-32/h11-13,15,17-20,27,33H,7-10,14,16,21H2,1-6H3;13-18,20-21,28,32-34H,7-12,19,22H2,1-6H3/b2*18-17+/t27-;28-/m00/s1. The Morgan fingerprint density at radius 1 is 0.600 bits per heavy atom. The van der Waals surface area contributed by atoms with Crippen molar-refractivity contribution in [3.05, 3.63) is 141 Å². The predicted octanol–water partition coefficient (Wildman–Crippen LogP) is 13.5. The lowest BCUT2D eigenvalue weighted by atomic mass is 9.70. The summed E-state index contributed by atoms with van der Waals surface area (Å²) in [4.78, 5) is 11.3. The zero-order chi connectivity index (χ0) is 51.7. The number of rotatable bonds is 25. The summed E-state index contributed by atoms with van der Waals surface area (Å²) < 4.78 is 17.2. The van der Waals surface area contributed by atoms with Crippen LogP contribution in [0, 0.1) is 27.7 Å². The van der Waals surface area contributed by atoms with E-state index in [1.807, 2.05) is 45.9 Å². The molecule has 8 heteroatoms. The highest BCUT2D eigenvalue weighted by Crippen LogP contribution is 2.43. The number of esters is 1. The highest BCUT2D eigenvalue weighted by molar-refractivity contribution is 5.71. The van der Waals surface area contributed by atoms with E-state index in [9.17, 15) is 20.1 Å². The van der Waals surface area contributed by atoms with E-state index >= 15 is 0 Å². The minimum absolute atomic E-state index is 0.0807. The normalized spacial score (nSPS) is 15.0. The molecule has 0 bridgehead atoms. The summed E-state index contributed by atoms with van der Waals surface area (Å²) in [6.45, 7) is 26.2. The molecule has 1 heterocycles. The second-order valence-electron chi connectivity index (χ2n) is 19.8. The van der Waals surface area contributed by atoms with Crippen molar-refractivity contribution in [2.75, 3.05) is 19.8 Å². The summed E-state index contributed by atoms with van der Waals surface area (Å²) >= 11 is 0. The van der Waals surface area contributed by atoms with Crippen LogP contribution >= 0.6 is 0 Å². The summed E-state index contributed by atoms with van der Waals surface area (Å²) in [6, 6.07) is 26.3. The molecule has 384 valence electrons. The monoisotopic (exact) mass is 961 g/mol. The lowest BCUT2D eigenvalue weighted by molar-refractivity contribution is -0.142. The minimum Gasteiger partial charge on any atom is -0.491 e. The van der Waals surface area contributed by atoms with E-state index in [0.717, 1.165) is 65.9 Å². The van der Waals surface area contributed by atoms with Gasteiger partial charge in [0.2, 0.25) is 0 Å². The molecule has 2 atom stereocenters. The van der Waals surface area contributed by atoms with E-state index < -0.39 is 17.3 Å². The Balaban J connectivity index is 0.000000305. The molecule has 4 N–H and O–H groups in total. The number of carbonyl (C=O) groups excluding carboxylic acids is 1. The Morgan fingerprint density at radius 3 is 1.34 bits per heavy atom. The Bertz CT molecular complexity index is 2320. The number of aliphatic hydroxyl groups excluding tert-OH is 2. The molecule has 1 fully saturated rings. The lowest BCUT2D eigenvalue weighted by Crippen LogP contribution is -2.26.